The summed E-state index contributed by atoms with van der Waals surface area (Å²) in [7, 11) is 0. The highest BCUT2D eigenvalue weighted by atomic mass is 16.1. The van der Waals surface area contributed by atoms with E-state index in [0.29, 0.717) is 6.42 Å². The fourth-order valence-electron chi connectivity index (χ4n) is 2.80. The zero-order valence-electron chi connectivity index (χ0n) is 17.1. The molecule has 0 aliphatic heterocycles. The average Bonchev–Trinajstić information content (AvgIpc) is 2.46. The van der Waals surface area contributed by atoms with Gasteiger partial charge in [-0.05, 0) is 85.5 Å². The monoisotopic (exact) mass is 332 g/mol. The molecule has 0 saturated heterocycles. The third-order valence-electron chi connectivity index (χ3n) is 4.50. The Bertz CT molecular complexity index is 433. The second kappa shape index (κ2) is 14.3. The van der Waals surface area contributed by atoms with Crippen LogP contribution in [0.25, 0.3) is 0 Å². The van der Waals surface area contributed by atoms with Crippen LogP contribution in [0, 0.1) is 5.92 Å². The molecule has 1 atom stereocenters. The van der Waals surface area contributed by atoms with E-state index in [9.17, 15) is 4.79 Å². The fourth-order valence-corrected chi connectivity index (χ4v) is 2.80. The molecule has 1 heteroatoms. The van der Waals surface area contributed by atoms with Crippen LogP contribution in [0.15, 0.2) is 34.9 Å². The third-order valence-corrected chi connectivity index (χ3v) is 4.50. The largest absolute Gasteiger partial charge is 0.300 e. The van der Waals surface area contributed by atoms with E-state index in [1.165, 1.54) is 61.7 Å². The van der Waals surface area contributed by atoms with E-state index in [0.717, 1.165) is 12.3 Å². The Kier molecular flexibility index (Phi) is 13.6. The van der Waals surface area contributed by atoms with Crippen molar-refractivity contribution in [1.29, 1.82) is 0 Å². The molecule has 0 aromatic heterocycles. The lowest BCUT2D eigenvalue weighted by molar-refractivity contribution is -0.116. The van der Waals surface area contributed by atoms with Crippen molar-refractivity contribution in [1.82, 2.24) is 0 Å². The van der Waals surface area contributed by atoms with Crippen molar-refractivity contribution >= 4 is 5.78 Å². The first-order chi connectivity index (χ1) is 11.3. The highest BCUT2D eigenvalue weighted by molar-refractivity contribution is 5.75. The van der Waals surface area contributed by atoms with Crippen LogP contribution in [0.2, 0.25) is 0 Å². The Hall–Kier alpha value is -1.11. The van der Waals surface area contributed by atoms with Crippen LogP contribution in [-0.2, 0) is 4.79 Å². The van der Waals surface area contributed by atoms with Crippen LogP contribution in [0.1, 0.15) is 99.3 Å². The number of carbonyl (C=O) groups excluding carboxylic acids is 1. The van der Waals surface area contributed by atoms with Crippen molar-refractivity contribution in [2.24, 2.45) is 5.92 Å². The molecule has 0 saturated carbocycles. The Labute approximate surface area is 151 Å². The first-order valence-electron chi connectivity index (χ1n) is 9.75. The maximum atomic E-state index is 10.9. The summed E-state index contributed by atoms with van der Waals surface area (Å²) in [5.41, 5.74) is 4.39. The molecule has 0 N–H and O–H groups in total. The Morgan fingerprint density at radius 2 is 1.33 bits per heavy atom. The summed E-state index contributed by atoms with van der Waals surface area (Å²) < 4.78 is 0. The summed E-state index contributed by atoms with van der Waals surface area (Å²) in [4.78, 5) is 10.9. The van der Waals surface area contributed by atoms with Gasteiger partial charge in [0.1, 0.15) is 5.78 Å². The molecule has 0 aromatic rings. The number of allylic oxidation sites excluding steroid dienone is 6. The Balaban J connectivity index is 3.80. The van der Waals surface area contributed by atoms with Gasteiger partial charge in [0.2, 0.25) is 0 Å². The zero-order chi connectivity index (χ0) is 18.4. The second-order valence-corrected chi connectivity index (χ2v) is 7.74. The van der Waals surface area contributed by atoms with Gasteiger partial charge in [-0.1, -0.05) is 48.3 Å². The molecule has 0 fully saturated rings. The van der Waals surface area contributed by atoms with Gasteiger partial charge in [-0.2, -0.15) is 0 Å². The third kappa shape index (κ3) is 15.8. The van der Waals surface area contributed by atoms with Gasteiger partial charge in [0.15, 0.2) is 0 Å². The first-order valence-corrected chi connectivity index (χ1v) is 9.75. The summed E-state index contributed by atoms with van der Waals surface area (Å²) in [6.07, 6.45) is 17.2. The van der Waals surface area contributed by atoms with E-state index in [4.69, 9.17) is 0 Å². The molecule has 0 rings (SSSR count). The van der Waals surface area contributed by atoms with E-state index in [1.807, 2.05) is 0 Å². The highest BCUT2D eigenvalue weighted by Gasteiger charge is 2.02. The maximum Gasteiger partial charge on any atom is 0.130 e. The predicted octanol–water partition coefficient (Wildman–Crippen LogP) is 7.58. The number of ketones is 1. The van der Waals surface area contributed by atoms with Crippen LogP contribution >= 0.6 is 0 Å². The van der Waals surface area contributed by atoms with Crippen molar-refractivity contribution in [2.75, 3.05) is 0 Å². The molecule has 0 aromatic carbocycles. The molecule has 0 aliphatic carbocycles. The minimum Gasteiger partial charge on any atom is -0.300 e. The van der Waals surface area contributed by atoms with Gasteiger partial charge in [-0.25, -0.2) is 0 Å². The number of Topliss-reactive ketones (excluding diaryl/α,β-unsaturated/α-hetero) is 1. The number of rotatable bonds is 13. The molecule has 0 bridgehead atoms. The first kappa shape index (κ1) is 22.9. The Morgan fingerprint density at radius 3 is 1.96 bits per heavy atom. The lowest BCUT2D eigenvalue weighted by Crippen LogP contribution is -1.95. The van der Waals surface area contributed by atoms with Gasteiger partial charge in [-0.3, -0.25) is 0 Å². The molecule has 24 heavy (non-hydrogen) atoms. The van der Waals surface area contributed by atoms with Crippen molar-refractivity contribution in [3.8, 4) is 0 Å². The summed E-state index contributed by atoms with van der Waals surface area (Å²) in [6.45, 7) is 12.8. The smallest absolute Gasteiger partial charge is 0.130 e. The number of hydrogen-bond donors (Lipinski definition) is 0. The molecule has 0 spiro atoms. The van der Waals surface area contributed by atoms with E-state index in [1.54, 1.807) is 6.92 Å². The van der Waals surface area contributed by atoms with E-state index < -0.39 is 0 Å². The lowest BCUT2D eigenvalue weighted by atomic mass is 9.96. The number of hydrogen-bond acceptors (Lipinski definition) is 1. The van der Waals surface area contributed by atoms with E-state index in [2.05, 4.69) is 52.8 Å². The SMILES string of the molecule is CC(=O)CCC=C(C)CCCC(C)CCC=C(C)CCC=C(C)C. The summed E-state index contributed by atoms with van der Waals surface area (Å²) in [5, 5.41) is 0. The van der Waals surface area contributed by atoms with E-state index in [-0.39, 0.29) is 5.78 Å². The standard InChI is InChI=1S/C23H40O/c1-19(2)11-7-12-20(3)13-8-14-21(4)15-9-16-22(5)17-10-18-23(6)24/h11,13,17,21H,7-10,12,14-16,18H2,1-6H3. The maximum absolute atomic E-state index is 10.9. The molecule has 0 aliphatic rings. The normalized spacial score (nSPS) is 13.8. The van der Waals surface area contributed by atoms with E-state index >= 15 is 0 Å². The molecular weight excluding hydrogens is 292 g/mol. The van der Waals surface area contributed by atoms with Gasteiger partial charge in [-0.15, -0.1) is 0 Å². The van der Waals surface area contributed by atoms with Crippen LogP contribution in [0.3, 0.4) is 0 Å². The van der Waals surface area contributed by atoms with Gasteiger partial charge in [0.25, 0.3) is 0 Å². The summed E-state index contributed by atoms with van der Waals surface area (Å²) in [5.74, 6) is 1.09. The zero-order valence-corrected chi connectivity index (χ0v) is 17.1. The van der Waals surface area contributed by atoms with Crippen molar-refractivity contribution < 1.29 is 4.79 Å². The summed E-state index contributed by atoms with van der Waals surface area (Å²) >= 11 is 0. The van der Waals surface area contributed by atoms with Crippen molar-refractivity contribution in [2.45, 2.75) is 99.3 Å². The lowest BCUT2D eigenvalue weighted by Gasteiger charge is -2.10. The van der Waals surface area contributed by atoms with Gasteiger partial charge < -0.3 is 4.79 Å². The molecular formula is C23H40O. The van der Waals surface area contributed by atoms with Crippen LogP contribution in [0.4, 0.5) is 0 Å². The molecule has 1 unspecified atom stereocenters. The minimum absolute atomic E-state index is 0.289. The van der Waals surface area contributed by atoms with Gasteiger partial charge in [0.05, 0.1) is 0 Å². The quantitative estimate of drug-likeness (QED) is 0.318. The van der Waals surface area contributed by atoms with Crippen molar-refractivity contribution in [3.63, 3.8) is 0 Å². The van der Waals surface area contributed by atoms with Gasteiger partial charge >= 0.3 is 0 Å². The summed E-state index contributed by atoms with van der Waals surface area (Å²) in [6, 6.07) is 0. The molecule has 0 amide bonds. The van der Waals surface area contributed by atoms with Crippen LogP contribution in [0.5, 0.6) is 0 Å². The topological polar surface area (TPSA) is 17.1 Å². The van der Waals surface area contributed by atoms with Gasteiger partial charge in [0, 0.05) is 6.42 Å². The predicted molar refractivity (Wildman–Crippen MR) is 108 cm³/mol. The average molecular weight is 333 g/mol. The molecule has 0 radical (unpaired) electrons. The molecule has 0 heterocycles. The second-order valence-electron chi connectivity index (χ2n) is 7.74. The minimum atomic E-state index is 0.289. The van der Waals surface area contributed by atoms with Crippen LogP contribution < -0.4 is 0 Å². The molecule has 1 nitrogen and oxygen atoms in total. The number of carbonyl (C=O) groups is 1. The van der Waals surface area contributed by atoms with Crippen LogP contribution in [-0.4, -0.2) is 5.78 Å². The van der Waals surface area contributed by atoms with Crippen molar-refractivity contribution in [3.05, 3.63) is 34.9 Å². The highest BCUT2D eigenvalue weighted by Crippen LogP contribution is 2.18. The fraction of sp³-hybridized carbons (Fsp3) is 0.696. The Morgan fingerprint density at radius 1 is 0.750 bits per heavy atom. The molecule has 138 valence electrons.